The van der Waals surface area contributed by atoms with Crippen molar-refractivity contribution >= 4 is 5.91 Å². The van der Waals surface area contributed by atoms with E-state index < -0.39 is 0 Å². The minimum Gasteiger partial charge on any atom is -0.493 e. The molecule has 4 rings (SSSR count). The number of hydrogen-bond acceptors (Lipinski definition) is 4. The molecular formula is C21H25N3O2. The van der Waals surface area contributed by atoms with E-state index in [-0.39, 0.29) is 5.91 Å². The monoisotopic (exact) mass is 351 g/mol. The number of nitrogens with one attached hydrogen (secondary N) is 1. The van der Waals surface area contributed by atoms with Crippen molar-refractivity contribution < 1.29 is 9.53 Å². The molecule has 1 aromatic carbocycles. The lowest BCUT2D eigenvalue weighted by atomic mass is 9.95. The number of para-hydroxylation sites is 1. The van der Waals surface area contributed by atoms with Crippen molar-refractivity contribution in [3.63, 3.8) is 0 Å². The van der Waals surface area contributed by atoms with Crippen LogP contribution in [0.4, 0.5) is 0 Å². The van der Waals surface area contributed by atoms with Crippen LogP contribution in [-0.4, -0.2) is 48.1 Å². The van der Waals surface area contributed by atoms with Crippen LogP contribution in [0.3, 0.4) is 0 Å². The molecule has 1 aromatic heterocycles. The van der Waals surface area contributed by atoms with E-state index in [2.05, 4.69) is 22.4 Å². The van der Waals surface area contributed by atoms with Crippen molar-refractivity contribution in [2.45, 2.75) is 25.3 Å². The first kappa shape index (κ1) is 17.0. The highest BCUT2D eigenvalue weighted by Crippen LogP contribution is 2.26. The standard InChI is InChI=1S/C21H25N3O2/c25-21(19-6-3-4-10-22-19)24-11-8-18(9-12-24)23-14-16-13-17-5-1-2-7-20(17)26-15-16/h1-7,10,16,18,23H,8-9,11-15H2/t16-/m1/s1. The summed E-state index contributed by atoms with van der Waals surface area (Å²) in [7, 11) is 0. The maximum atomic E-state index is 12.5. The van der Waals surface area contributed by atoms with Gasteiger partial charge in [-0.2, -0.15) is 0 Å². The zero-order valence-corrected chi connectivity index (χ0v) is 14.9. The van der Waals surface area contributed by atoms with Gasteiger partial charge in [0.2, 0.25) is 0 Å². The van der Waals surface area contributed by atoms with E-state index in [0.717, 1.165) is 51.3 Å². The minimum atomic E-state index is 0.0429. The highest BCUT2D eigenvalue weighted by atomic mass is 16.5. The number of carbonyl (C=O) groups excluding carboxylic acids is 1. The molecule has 0 bridgehead atoms. The Labute approximate surface area is 154 Å². The molecule has 0 aliphatic carbocycles. The first-order valence-corrected chi connectivity index (χ1v) is 9.44. The number of likely N-dealkylation sites (tertiary alicyclic amines) is 1. The van der Waals surface area contributed by atoms with Crippen LogP contribution in [0.1, 0.15) is 28.9 Å². The quantitative estimate of drug-likeness (QED) is 0.920. The van der Waals surface area contributed by atoms with E-state index in [1.807, 2.05) is 29.2 Å². The molecule has 136 valence electrons. The number of carbonyl (C=O) groups is 1. The second-order valence-corrected chi connectivity index (χ2v) is 7.18. The first-order chi connectivity index (χ1) is 12.8. The van der Waals surface area contributed by atoms with E-state index >= 15 is 0 Å². The maximum absolute atomic E-state index is 12.5. The zero-order chi connectivity index (χ0) is 17.8. The number of fused-ring (bicyclic) bond motifs is 1. The van der Waals surface area contributed by atoms with E-state index in [0.29, 0.717) is 17.7 Å². The van der Waals surface area contributed by atoms with Crippen LogP contribution in [0.2, 0.25) is 0 Å². The SMILES string of the molecule is O=C(c1ccccn1)N1CCC(NC[C@@H]2COc3ccccc3C2)CC1. The molecule has 3 heterocycles. The van der Waals surface area contributed by atoms with Crippen LogP contribution in [-0.2, 0) is 6.42 Å². The van der Waals surface area contributed by atoms with E-state index in [1.54, 1.807) is 12.3 Å². The topological polar surface area (TPSA) is 54.5 Å². The van der Waals surface area contributed by atoms with Crippen LogP contribution in [0.15, 0.2) is 48.7 Å². The molecule has 1 fully saturated rings. The molecule has 0 saturated carbocycles. The summed E-state index contributed by atoms with van der Waals surface area (Å²) in [5.41, 5.74) is 1.85. The number of nitrogens with zero attached hydrogens (tertiary/aromatic N) is 2. The van der Waals surface area contributed by atoms with Crippen LogP contribution < -0.4 is 10.1 Å². The maximum Gasteiger partial charge on any atom is 0.272 e. The number of rotatable bonds is 4. The average molecular weight is 351 g/mol. The molecule has 2 aliphatic heterocycles. The predicted octanol–water partition coefficient (Wildman–Crippen LogP) is 2.53. The van der Waals surface area contributed by atoms with Gasteiger partial charge in [-0.15, -0.1) is 0 Å². The fraction of sp³-hybridized carbons (Fsp3) is 0.429. The molecule has 1 atom stereocenters. The van der Waals surface area contributed by atoms with E-state index in [4.69, 9.17) is 4.74 Å². The van der Waals surface area contributed by atoms with E-state index in [1.165, 1.54) is 5.56 Å². The van der Waals surface area contributed by atoms with Gasteiger partial charge >= 0.3 is 0 Å². The van der Waals surface area contributed by atoms with Crippen LogP contribution >= 0.6 is 0 Å². The van der Waals surface area contributed by atoms with Gasteiger partial charge < -0.3 is 15.0 Å². The largest absolute Gasteiger partial charge is 0.493 e. The minimum absolute atomic E-state index is 0.0429. The Morgan fingerprint density at radius 3 is 2.77 bits per heavy atom. The lowest BCUT2D eigenvalue weighted by molar-refractivity contribution is 0.0696. The van der Waals surface area contributed by atoms with Crippen molar-refractivity contribution in [3.8, 4) is 5.75 Å². The summed E-state index contributed by atoms with van der Waals surface area (Å²) in [6, 6.07) is 14.3. The molecule has 0 spiro atoms. The van der Waals surface area contributed by atoms with Crippen molar-refractivity contribution in [3.05, 3.63) is 59.9 Å². The fourth-order valence-corrected chi connectivity index (χ4v) is 3.79. The van der Waals surface area contributed by atoms with Gasteiger partial charge in [0.05, 0.1) is 6.61 Å². The third-order valence-electron chi connectivity index (χ3n) is 5.32. The molecule has 2 aromatic rings. The Kier molecular flexibility index (Phi) is 5.16. The van der Waals surface area contributed by atoms with Crippen molar-refractivity contribution in [1.29, 1.82) is 0 Å². The number of ether oxygens (including phenoxy) is 1. The molecule has 1 amide bonds. The molecule has 1 saturated heterocycles. The summed E-state index contributed by atoms with van der Waals surface area (Å²) in [5, 5.41) is 3.69. The van der Waals surface area contributed by atoms with E-state index in [9.17, 15) is 4.79 Å². The summed E-state index contributed by atoms with van der Waals surface area (Å²) >= 11 is 0. The Morgan fingerprint density at radius 2 is 1.96 bits per heavy atom. The Hall–Kier alpha value is -2.40. The highest BCUT2D eigenvalue weighted by Gasteiger charge is 2.25. The summed E-state index contributed by atoms with van der Waals surface area (Å²) in [6.07, 6.45) is 4.72. The van der Waals surface area contributed by atoms with Gasteiger partial charge in [-0.3, -0.25) is 9.78 Å². The number of piperidine rings is 1. The third kappa shape index (κ3) is 3.88. The van der Waals surface area contributed by atoms with Gasteiger partial charge in [0.25, 0.3) is 5.91 Å². The van der Waals surface area contributed by atoms with Crippen molar-refractivity contribution in [2.24, 2.45) is 5.92 Å². The molecule has 1 N–H and O–H groups in total. The molecule has 5 heteroatoms. The normalized spacial score (nSPS) is 20.3. The predicted molar refractivity (Wildman–Crippen MR) is 100 cm³/mol. The summed E-state index contributed by atoms with van der Waals surface area (Å²) in [6.45, 7) is 3.32. The number of hydrogen-bond donors (Lipinski definition) is 1. The van der Waals surface area contributed by atoms with Gasteiger partial charge in [-0.25, -0.2) is 0 Å². The molecule has 0 unspecified atom stereocenters. The molecule has 26 heavy (non-hydrogen) atoms. The Morgan fingerprint density at radius 1 is 1.15 bits per heavy atom. The number of aromatic nitrogens is 1. The number of amides is 1. The van der Waals surface area contributed by atoms with Crippen molar-refractivity contribution in [2.75, 3.05) is 26.2 Å². The average Bonchev–Trinajstić information content (AvgIpc) is 2.72. The summed E-state index contributed by atoms with van der Waals surface area (Å²) < 4.78 is 5.87. The summed E-state index contributed by atoms with van der Waals surface area (Å²) in [5.74, 6) is 1.59. The van der Waals surface area contributed by atoms with Gasteiger partial charge in [-0.05, 0) is 43.0 Å². The second kappa shape index (κ2) is 7.87. The Bertz CT molecular complexity index is 742. The van der Waals surface area contributed by atoms with Crippen molar-refractivity contribution in [1.82, 2.24) is 15.2 Å². The smallest absolute Gasteiger partial charge is 0.272 e. The number of benzene rings is 1. The van der Waals surface area contributed by atoms with Gasteiger partial charge in [-0.1, -0.05) is 24.3 Å². The first-order valence-electron chi connectivity index (χ1n) is 9.44. The summed E-state index contributed by atoms with van der Waals surface area (Å²) in [4.78, 5) is 18.5. The lowest BCUT2D eigenvalue weighted by Gasteiger charge is -2.33. The second-order valence-electron chi connectivity index (χ2n) is 7.18. The van der Waals surface area contributed by atoms with Crippen LogP contribution in [0, 0.1) is 5.92 Å². The molecule has 5 nitrogen and oxygen atoms in total. The fourth-order valence-electron chi connectivity index (χ4n) is 3.79. The Balaban J connectivity index is 1.23. The van der Waals surface area contributed by atoms with Gasteiger partial charge in [0.15, 0.2) is 0 Å². The van der Waals surface area contributed by atoms with Crippen LogP contribution in [0.25, 0.3) is 0 Å². The number of pyridine rings is 1. The third-order valence-corrected chi connectivity index (χ3v) is 5.32. The lowest BCUT2D eigenvalue weighted by Crippen LogP contribution is -2.46. The van der Waals surface area contributed by atoms with Gasteiger partial charge in [0.1, 0.15) is 11.4 Å². The van der Waals surface area contributed by atoms with Crippen LogP contribution in [0.5, 0.6) is 5.75 Å². The molecule has 0 radical (unpaired) electrons. The van der Waals surface area contributed by atoms with Gasteiger partial charge in [0, 0.05) is 37.8 Å². The molecule has 2 aliphatic rings. The highest BCUT2D eigenvalue weighted by molar-refractivity contribution is 5.92. The zero-order valence-electron chi connectivity index (χ0n) is 14.9. The molecular weight excluding hydrogens is 326 g/mol.